The van der Waals surface area contributed by atoms with Crippen molar-refractivity contribution >= 4 is 22.4 Å². The van der Waals surface area contributed by atoms with Crippen molar-refractivity contribution < 1.29 is 13.9 Å². The van der Waals surface area contributed by atoms with Crippen molar-refractivity contribution in [3.8, 4) is 22.7 Å². The van der Waals surface area contributed by atoms with E-state index in [0.29, 0.717) is 22.1 Å². The lowest BCUT2D eigenvalue weighted by atomic mass is 10.1. The number of aromatic nitrogens is 3. The van der Waals surface area contributed by atoms with E-state index >= 15 is 0 Å². The molecule has 30 heavy (non-hydrogen) atoms. The number of hydrogen-bond acceptors (Lipinski definition) is 5. The van der Waals surface area contributed by atoms with Gasteiger partial charge in [0.1, 0.15) is 11.6 Å². The summed E-state index contributed by atoms with van der Waals surface area (Å²) < 4.78 is 20.0. The first kappa shape index (κ1) is 19.8. The van der Waals surface area contributed by atoms with Crippen molar-refractivity contribution in [3.63, 3.8) is 0 Å². The van der Waals surface area contributed by atoms with E-state index in [1.165, 1.54) is 29.7 Å². The average Bonchev–Trinajstić information content (AvgIpc) is 3.31. The number of methoxy groups -OCH3 is 1. The maximum absolute atomic E-state index is 13.2. The fourth-order valence-electron chi connectivity index (χ4n) is 3.11. The first-order valence-electron chi connectivity index (χ1n) is 9.20. The highest BCUT2D eigenvalue weighted by Crippen LogP contribution is 2.31. The number of aryl methyl sites for hydroxylation is 1. The fourth-order valence-corrected chi connectivity index (χ4v) is 3.94. The molecule has 152 valence electrons. The lowest BCUT2D eigenvalue weighted by Crippen LogP contribution is -2.13. The largest absolute Gasteiger partial charge is 0.497 e. The Morgan fingerprint density at radius 1 is 1.10 bits per heavy atom. The summed E-state index contributed by atoms with van der Waals surface area (Å²) in [6.45, 7) is 3.76. The summed E-state index contributed by atoms with van der Waals surface area (Å²) in [6, 6.07) is 13.6. The minimum Gasteiger partial charge on any atom is -0.497 e. The van der Waals surface area contributed by atoms with E-state index in [9.17, 15) is 9.18 Å². The highest BCUT2D eigenvalue weighted by atomic mass is 32.1. The Kier molecular flexibility index (Phi) is 5.33. The number of ether oxygens (including phenoxy) is 1. The van der Waals surface area contributed by atoms with E-state index in [1.807, 2.05) is 31.2 Å². The zero-order valence-electron chi connectivity index (χ0n) is 16.6. The molecule has 0 spiro atoms. The van der Waals surface area contributed by atoms with Crippen molar-refractivity contribution in [2.24, 2.45) is 0 Å². The van der Waals surface area contributed by atoms with Crippen LogP contribution in [0.15, 0.2) is 54.7 Å². The Hall–Kier alpha value is -3.52. The van der Waals surface area contributed by atoms with E-state index in [4.69, 9.17) is 4.74 Å². The lowest BCUT2D eigenvalue weighted by Gasteiger charge is -2.05. The van der Waals surface area contributed by atoms with Crippen molar-refractivity contribution in [2.45, 2.75) is 13.8 Å². The molecule has 0 radical (unpaired) electrons. The SMILES string of the molecule is COc1ccc(-c2nc(NC(=O)c3cnn(-c4ccc(F)cc4)c3C)sc2C)cc1. The first-order valence-corrected chi connectivity index (χ1v) is 10.0. The summed E-state index contributed by atoms with van der Waals surface area (Å²) in [5.41, 5.74) is 3.53. The molecule has 4 rings (SSSR count). The molecule has 0 bridgehead atoms. The highest BCUT2D eigenvalue weighted by molar-refractivity contribution is 7.16. The van der Waals surface area contributed by atoms with Gasteiger partial charge in [-0.15, -0.1) is 11.3 Å². The Labute approximate surface area is 177 Å². The van der Waals surface area contributed by atoms with Crippen LogP contribution in [0.4, 0.5) is 9.52 Å². The molecule has 0 aliphatic carbocycles. The number of nitrogens with zero attached hydrogens (tertiary/aromatic N) is 3. The van der Waals surface area contributed by atoms with Gasteiger partial charge in [-0.1, -0.05) is 0 Å². The van der Waals surface area contributed by atoms with Gasteiger partial charge in [0.2, 0.25) is 0 Å². The Morgan fingerprint density at radius 3 is 2.47 bits per heavy atom. The van der Waals surface area contributed by atoms with Gasteiger partial charge in [0.05, 0.1) is 35.9 Å². The molecular formula is C22H19FN4O2S. The minimum atomic E-state index is -0.326. The number of hydrogen-bond donors (Lipinski definition) is 1. The predicted molar refractivity (Wildman–Crippen MR) is 115 cm³/mol. The van der Waals surface area contributed by atoms with Gasteiger partial charge in [-0.2, -0.15) is 5.10 Å². The van der Waals surface area contributed by atoms with Gasteiger partial charge in [-0.3, -0.25) is 10.1 Å². The molecule has 1 N–H and O–H groups in total. The smallest absolute Gasteiger partial charge is 0.260 e. The second-order valence-corrected chi connectivity index (χ2v) is 7.84. The molecule has 0 atom stereocenters. The van der Waals surface area contributed by atoms with Crippen LogP contribution in [0.2, 0.25) is 0 Å². The minimum absolute atomic E-state index is 0.295. The molecule has 0 saturated carbocycles. The summed E-state index contributed by atoms with van der Waals surface area (Å²) >= 11 is 1.41. The van der Waals surface area contributed by atoms with Crippen LogP contribution >= 0.6 is 11.3 Å². The van der Waals surface area contributed by atoms with Crippen LogP contribution in [0.3, 0.4) is 0 Å². The molecule has 0 aliphatic heterocycles. The number of benzene rings is 2. The van der Waals surface area contributed by atoms with Crippen molar-refractivity contribution in [1.29, 1.82) is 0 Å². The van der Waals surface area contributed by atoms with E-state index in [-0.39, 0.29) is 11.7 Å². The second kappa shape index (κ2) is 8.08. The van der Waals surface area contributed by atoms with Crippen LogP contribution in [0.1, 0.15) is 20.9 Å². The number of carbonyl (C=O) groups is 1. The Bertz CT molecular complexity index is 1200. The first-order chi connectivity index (χ1) is 14.5. The zero-order chi connectivity index (χ0) is 21.3. The molecule has 0 fully saturated rings. The quantitative estimate of drug-likeness (QED) is 0.491. The molecule has 0 unspecified atom stereocenters. The normalized spacial score (nSPS) is 10.8. The summed E-state index contributed by atoms with van der Waals surface area (Å²) in [5.74, 6) is 0.151. The zero-order valence-corrected chi connectivity index (χ0v) is 17.5. The number of amides is 1. The lowest BCUT2D eigenvalue weighted by molar-refractivity contribution is 0.102. The van der Waals surface area contributed by atoms with Crippen LogP contribution in [-0.4, -0.2) is 27.8 Å². The third-order valence-corrected chi connectivity index (χ3v) is 5.59. The topological polar surface area (TPSA) is 69.0 Å². The maximum atomic E-state index is 13.2. The monoisotopic (exact) mass is 422 g/mol. The molecule has 0 aliphatic rings. The highest BCUT2D eigenvalue weighted by Gasteiger charge is 2.18. The van der Waals surface area contributed by atoms with Crippen LogP contribution < -0.4 is 10.1 Å². The summed E-state index contributed by atoms with van der Waals surface area (Å²) in [4.78, 5) is 18.4. The second-order valence-electron chi connectivity index (χ2n) is 6.64. The number of anilines is 1. The van der Waals surface area contributed by atoms with Gasteiger partial charge in [0.25, 0.3) is 5.91 Å². The van der Waals surface area contributed by atoms with Gasteiger partial charge >= 0.3 is 0 Å². The standard InChI is InChI=1S/C22H19FN4O2S/c1-13-19(12-24-27(13)17-8-6-16(23)7-9-17)21(28)26-22-25-20(14(2)30-22)15-4-10-18(29-3)11-5-15/h4-12H,1-3H3,(H,25,26,28). The summed E-state index contributed by atoms with van der Waals surface area (Å²) in [5, 5.41) is 7.64. The predicted octanol–water partition coefficient (Wildman–Crippen LogP) is 5.01. The number of nitrogens with one attached hydrogen (secondary N) is 1. The van der Waals surface area contributed by atoms with Gasteiger partial charge in [-0.25, -0.2) is 14.1 Å². The molecule has 2 aromatic carbocycles. The van der Waals surface area contributed by atoms with Crippen molar-refractivity contribution in [2.75, 3.05) is 12.4 Å². The van der Waals surface area contributed by atoms with Crippen LogP contribution in [0.5, 0.6) is 5.75 Å². The summed E-state index contributed by atoms with van der Waals surface area (Å²) in [6.07, 6.45) is 1.50. The molecule has 1 amide bonds. The molecule has 6 nitrogen and oxygen atoms in total. The number of thiazole rings is 1. The number of carbonyl (C=O) groups excluding carboxylic acids is 1. The molecule has 8 heteroatoms. The molecule has 4 aromatic rings. The van der Waals surface area contributed by atoms with Gasteiger partial charge < -0.3 is 4.74 Å². The molecular weight excluding hydrogens is 403 g/mol. The summed E-state index contributed by atoms with van der Waals surface area (Å²) in [7, 11) is 1.62. The number of rotatable bonds is 5. The number of halogens is 1. The van der Waals surface area contributed by atoms with Crippen molar-refractivity contribution in [1.82, 2.24) is 14.8 Å². The van der Waals surface area contributed by atoms with E-state index < -0.39 is 0 Å². The molecule has 0 saturated heterocycles. The van der Waals surface area contributed by atoms with Gasteiger partial charge in [-0.05, 0) is 62.4 Å². The third kappa shape index (κ3) is 3.81. The van der Waals surface area contributed by atoms with E-state index in [0.717, 1.165) is 21.9 Å². The Balaban J connectivity index is 1.55. The van der Waals surface area contributed by atoms with Gasteiger partial charge in [0, 0.05) is 10.4 Å². The maximum Gasteiger partial charge on any atom is 0.260 e. The average molecular weight is 422 g/mol. The van der Waals surface area contributed by atoms with Crippen molar-refractivity contribution in [3.05, 3.63) is 76.7 Å². The fraction of sp³-hybridized carbons (Fsp3) is 0.136. The molecule has 2 heterocycles. The molecule has 2 aromatic heterocycles. The van der Waals surface area contributed by atoms with E-state index in [1.54, 1.807) is 30.8 Å². The van der Waals surface area contributed by atoms with Gasteiger partial charge in [0.15, 0.2) is 5.13 Å². The Morgan fingerprint density at radius 2 is 1.80 bits per heavy atom. The van der Waals surface area contributed by atoms with Crippen LogP contribution in [0, 0.1) is 19.7 Å². The third-order valence-electron chi connectivity index (χ3n) is 4.71. The van der Waals surface area contributed by atoms with E-state index in [2.05, 4.69) is 15.4 Å². The van der Waals surface area contributed by atoms with Crippen LogP contribution in [0.25, 0.3) is 16.9 Å². The van der Waals surface area contributed by atoms with Crippen LogP contribution in [-0.2, 0) is 0 Å².